The van der Waals surface area contributed by atoms with Gasteiger partial charge in [0.15, 0.2) is 0 Å². The summed E-state index contributed by atoms with van der Waals surface area (Å²) < 4.78 is 13.5. The van der Waals surface area contributed by atoms with Crippen molar-refractivity contribution in [1.29, 1.82) is 0 Å². The number of halogens is 2. The van der Waals surface area contributed by atoms with Crippen LogP contribution in [-0.4, -0.2) is 0 Å². The van der Waals surface area contributed by atoms with E-state index in [1.165, 1.54) is 17.7 Å². The SMILES string of the molecule is Cc1cc(F)cc(C(Cl)c2ccc(C(C)(C)C)cc2)c1. The molecular formula is C18H20ClF. The zero-order valence-electron chi connectivity index (χ0n) is 12.4. The smallest absolute Gasteiger partial charge is 0.123 e. The molecule has 0 radical (unpaired) electrons. The standard InChI is InChI=1S/C18H20ClF/c1-12-9-14(11-16(20)10-12)17(19)13-5-7-15(8-6-13)18(2,3)4/h5-11,17H,1-4H3. The first-order valence-electron chi connectivity index (χ1n) is 6.79. The fourth-order valence-electron chi connectivity index (χ4n) is 2.26. The number of aryl methyl sites for hydroxylation is 1. The van der Waals surface area contributed by atoms with Crippen molar-refractivity contribution < 1.29 is 4.39 Å². The molecule has 2 aromatic rings. The molecule has 20 heavy (non-hydrogen) atoms. The highest BCUT2D eigenvalue weighted by atomic mass is 35.5. The van der Waals surface area contributed by atoms with Crippen LogP contribution in [0.25, 0.3) is 0 Å². The van der Waals surface area contributed by atoms with E-state index in [9.17, 15) is 4.39 Å². The quantitative estimate of drug-likeness (QED) is 0.617. The summed E-state index contributed by atoms with van der Waals surface area (Å²) in [4.78, 5) is 0. The molecule has 0 saturated carbocycles. The Morgan fingerprint density at radius 3 is 2.05 bits per heavy atom. The Morgan fingerprint density at radius 2 is 1.55 bits per heavy atom. The summed E-state index contributed by atoms with van der Waals surface area (Å²) in [6.07, 6.45) is 0. The highest BCUT2D eigenvalue weighted by Crippen LogP contribution is 2.31. The Hall–Kier alpha value is -1.34. The van der Waals surface area contributed by atoms with Gasteiger partial charge in [0.25, 0.3) is 0 Å². The molecule has 0 aliphatic rings. The molecule has 2 heteroatoms. The average Bonchev–Trinajstić information content (AvgIpc) is 2.36. The van der Waals surface area contributed by atoms with Gasteiger partial charge >= 0.3 is 0 Å². The van der Waals surface area contributed by atoms with Gasteiger partial charge < -0.3 is 0 Å². The molecule has 1 atom stereocenters. The molecule has 0 spiro atoms. The van der Waals surface area contributed by atoms with Crippen molar-refractivity contribution >= 4 is 11.6 Å². The molecule has 0 aliphatic heterocycles. The first kappa shape index (κ1) is 15.1. The summed E-state index contributed by atoms with van der Waals surface area (Å²) in [5.74, 6) is -0.239. The lowest BCUT2D eigenvalue weighted by Gasteiger charge is -2.20. The summed E-state index contributed by atoms with van der Waals surface area (Å²) in [5.41, 5.74) is 4.06. The molecule has 0 bridgehead atoms. The number of benzene rings is 2. The van der Waals surface area contributed by atoms with Crippen LogP contribution in [0.4, 0.5) is 4.39 Å². The van der Waals surface area contributed by atoms with Crippen LogP contribution in [0.5, 0.6) is 0 Å². The molecule has 106 valence electrons. The maximum absolute atomic E-state index is 13.5. The maximum Gasteiger partial charge on any atom is 0.123 e. The third kappa shape index (κ3) is 3.40. The Kier molecular flexibility index (Phi) is 4.19. The predicted octanol–water partition coefficient (Wildman–Crippen LogP) is 5.76. The minimum Gasteiger partial charge on any atom is -0.207 e. The van der Waals surface area contributed by atoms with Gasteiger partial charge in [0.05, 0.1) is 5.38 Å². The third-order valence-electron chi connectivity index (χ3n) is 3.43. The minimum atomic E-state index is -0.321. The summed E-state index contributed by atoms with van der Waals surface area (Å²) >= 11 is 6.48. The Morgan fingerprint density at radius 1 is 0.950 bits per heavy atom. The second kappa shape index (κ2) is 5.57. The molecule has 0 N–H and O–H groups in total. The molecular weight excluding hydrogens is 271 g/mol. The van der Waals surface area contributed by atoms with E-state index >= 15 is 0 Å². The van der Waals surface area contributed by atoms with E-state index in [1.54, 1.807) is 0 Å². The van der Waals surface area contributed by atoms with Crippen molar-refractivity contribution in [3.05, 3.63) is 70.5 Å². The van der Waals surface area contributed by atoms with Gasteiger partial charge in [-0.3, -0.25) is 0 Å². The van der Waals surface area contributed by atoms with Crippen LogP contribution in [0, 0.1) is 12.7 Å². The summed E-state index contributed by atoms with van der Waals surface area (Å²) in [6.45, 7) is 8.40. The van der Waals surface area contributed by atoms with Crippen LogP contribution in [0.15, 0.2) is 42.5 Å². The van der Waals surface area contributed by atoms with Crippen molar-refractivity contribution in [2.24, 2.45) is 0 Å². The van der Waals surface area contributed by atoms with E-state index in [0.717, 1.165) is 16.7 Å². The molecule has 0 fully saturated rings. The molecule has 0 heterocycles. The number of rotatable bonds is 2. The van der Waals surface area contributed by atoms with E-state index in [4.69, 9.17) is 11.6 Å². The second-order valence-corrected chi connectivity index (χ2v) is 6.73. The van der Waals surface area contributed by atoms with Crippen LogP contribution in [0.3, 0.4) is 0 Å². The van der Waals surface area contributed by atoms with E-state index in [-0.39, 0.29) is 16.6 Å². The van der Waals surface area contributed by atoms with Crippen LogP contribution in [0.2, 0.25) is 0 Å². The highest BCUT2D eigenvalue weighted by molar-refractivity contribution is 6.22. The first-order valence-corrected chi connectivity index (χ1v) is 7.22. The van der Waals surface area contributed by atoms with E-state index < -0.39 is 0 Å². The molecule has 0 aliphatic carbocycles. The molecule has 0 aromatic heterocycles. The Bertz CT molecular complexity index is 574. The maximum atomic E-state index is 13.5. The van der Waals surface area contributed by atoms with Crippen LogP contribution >= 0.6 is 11.6 Å². The van der Waals surface area contributed by atoms with Gasteiger partial charge in [-0.1, -0.05) is 51.1 Å². The van der Waals surface area contributed by atoms with Crippen LogP contribution in [0.1, 0.15) is 48.4 Å². The lowest BCUT2D eigenvalue weighted by atomic mass is 9.86. The summed E-state index contributed by atoms with van der Waals surface area (Å²) in [7, 11) is 0. The molecule has 2 rings (SSSR count). The lowest BCUT2D eigenvalue weighted by molar-refractivity contribution is 0.590. The van der Waals surface area contributed by atoms with Gasteiger partial charge in [0, 0.05) is 0 Å². The van der Waals surface area contributed by atoms with Gasteiger partial charge in [0.1, 0.15) is 5.82 Å². The van der Waals surface area contributed by atoms with E-state index in [0.29, 0.717) is 0 Å². The second-order valence-electron chi connectivity index (χ2n) is 6.30. The van der Waals surface area contributed by atoms with E-state index in [2.05, 4.69) is 32.9 Å². The topological polar surface area (TPSA) is 0 Å². The molecule has 2 aromatic carbocycles. The largest absolute Gasteiger partial charge is 0.207 e. The van der Waals surface area contributed by atoms with Crippen molar-refractivity contribution in [3.63, 3.8) is 0 Å². The van der Waals surface area contributed by atoms with Crippen LogP contribution < -0.4 is 0 Å². The Balaban J connectivity index is 2.31. The normalized spacial score (nSPS) is 13.3. The van der Waals surface area contributed by atoms with Gasteiger partial charge in [-0.25, -0.2) is 4.39 Å². The van der Waals surface area contributed by atoms with Crippen molar-refractivity contribution in [2.75, 3.05) is 0 Å². The molecule has 0 amide bonds. The lowest BCUT2D eigenvalue weighted by Crippen LogP contribution is -2.10. The predicted molar refractivity (Wildman–Crippen MR) is 84.0 cm³/mol. The summed E-state index contributed by atoms with van der Waals surface area (Å²) in [6, 6.07) is 13.2. The van der Waals surface area contributed by atoms with E-state index in [1.807, 2.05) is 25.1 Å². The third-order valence-corrected chi connectivity index (χ3v) is 3.93. The average molecular weight is 291 g/mol. The number of alkyl halides is 1. The van der Waals surface area contributed by atoms with Gasteiger partial charge in [-0.2, -0.15) is 0 Å². The molecule has 0 saturated heterocycles. The van der Waals surface area contributed by atoms with Gasteiger partial charge in [0.2, 0.25) is 0 Å². The molecule has 1 unspecified atom stereocenters. The summed E-state index contributed by atoms with van der Waals surface area (Å²) in [5, 5.41) is -0.321. The van der Waals surface area contributed by atoms with Gasteiger partial charge in [-0.15, -0.1) is 11.6 Å². The minimum absolute atomic E-state index is 0.121. The van der Waals surface area contributed by atoms with Crippen LogP contribution in [-0.2, 0) is 5.41 Å². The van der Waals surface area contributed by atoms with Crippen molar-refractivity contribution in [1.82, 2.24) is 0 Å². The zero-order valence-corrected chi connectivity index (χ0v) is 13.1. The monoisotopic (exact) mass is 290 g/mol. The number of hydrogen-bond acceptors (Lipinski definition) is 0. The first-order chi connectivity index (χ1) is 9.27. The van der Waals surface area contributed by atoms with Crippen molar-refractivity contribution in [3.8, 4) is 0 Å². The molecule has 0 nitrogen and oxygen atoms in total. The Labute approximate surface area is 125 Å². The number of hydrogen-bond donors (Lipinski definition) is 0. The van der Waals surface area contributed by atoms with Gasteiger partial charge in [-0.05, 0) is 46.7 Å². The zero-order chi connectivity index (χ0) is 14.9. The highest BCUT2D eigenvalue weighted by Gasteiger charge is 2.16. The fourth-order valence-corrected chi connectivity index (χ4v) is 2.53. The van der Waals surface area contributed by atoms with Crippen molar-refractivity contribution in [2.45, 2.75) is 38.5 Å². The fraction of sp³-hybridized carbons (Fsp3) is 0.333.